The molecule has 3 aromatic heterocycles. The molecule has 3 heterocycles. The molecule has 0 amide bonds. The van der Waals surface area contributed by atoms with E-state index >= 15 is 0 Å². The van der Waals surface area contributed by atoms with E-state index in [1.165, 1.54) is 53.9 Å². The second-order valence-electron chi connectivity index (χ2n) is 10.7. The zero-order valence-corrected chi connectivity index (χ0v) is 21.9. The molecule has 0 atom stereocenters. The van der Waals surface area contributed by atoms with Gasteiger partial charge in [-0.25, -0.2) is 9.97 Å². The van der Waals surface area contributed by atoms with Gasteiger partial charge in [-0.1, -0.05) is 81.4 Å². The monoisotopic (exact) mass is 494 g/mol. The molecule has 0 fully saturated rings. The van der Waals surface area contributed by atoms with Crippen LogP contribution in [0.15, 0.2) is 103 Å². The Morgan fingerprint density at radius 3 is 2.30 bits per heavy atom. The van der Waals surface area contributed by atoms with Crippen molar-refractivity contribution in [3.63, 3.8) is 0 Å². The summed E-state index contributed by atoms with van der Waals surface area (Å²) >= 11 is 1.76. The van der Waals surface area contributed by atoms with E-state index in [1.807, 2.05) is 12.3 Å². The molecule has 7 rings (SSSR count). The highest BCUT2D eigenvalue weighted by molar-refractivity contribution is 7.26. The topological polar surface area (TPSA) is 25.8 Å². The van der Waals surface area contributed by atoms with Crippen LogP contribution in [0.4, 0.5) is 0 Å². The highest BCUT2D eigenvalue weighted by Gasteiger charge is 2.21. The van der Waals surface area contributed by atoms with Gasteiger partial charge >= 0.3 is 0 Å². The normalized spacial score (nSPS) is 12.2. The van der Waals surface area contributed by atoms with Crippen LogP contribution in [-0.4, -0.2) is 9.97 Å². The van der Waals surface area contributed by atoms with E-state index in [2.05, 4.69) is 112 Å². The third-order valence-electron chi connectivity index (χ3n) is 7.27. The number of nitrogens with zero attached hydrogens (tertiary/aromatic N) is 2. The molecule has 0 spiro atoms. The number of rotatable bonds is 2. The molecule has 178 valence electrons. The first-order valence-corrected chi connectivity index (χ1v) is 13.5. The predicted octanol–water partition coefficient (Wildman–Crippen LogP) is 9.78. The summed E-state index contributed by atoms with van der Waals surface area (Å²) in [5.41, 5.74) is 6.93. The maximum atomic E-state index is 5.31. The highest BCUT2D eigenvalue weighted by atomic mass is 32.1. The molecule has 3 heteroatoms. The lowest BCUT2D eigenvalue weighted by Gasteiger charge is -2.21. The molecule has 0 bridgehead atoms. The fourth-order valence-electron chi connectivity index (χ4n) is 5.33. The van der Waals surface area contributed by atoms with Gasteiger partial charge in [0.2, 0.25) is 0 Å². The Bertz CT molecular complexity index is 1960. The Kier molecular flexibility index (Phi) is 4.92. The predicted molar refractivity (Wildman–Crippen MR) is 160 cm³/mol. The molecule has 0 aliphatic rings. The van der Waals surface area contributed by atoms with E-state index in [0.29, 0.717) is 0 Å². The maximum Gasteiger partial charge on any atom is 0.124 e. The molecule has 0 saturated carbocycles. The van der Waals surface area contributed by atoms with E-state index in [-0.39, 0.29) is 5.41 Å². The van der Waals surface area contributed by atoms with Crippen molar-refractivity contribution in [1.29, 1.82) is 0 Å². The molecule has 0 radical (unpaired) electrons. The lowest BCUT2D eigenvalue weighted by molar-refractivity contribution is 0.591. The molecule has 0 unspecified atom stereocenters. The second-order valence-corrected chi connectivity index (χ2v) is 11.7. The average Bonchev–Trinajstić information content (AvgIpc) is 3.30. The first-order chi connectivity index (χ1) is 18.0. The Labute approximate surface area is 220 Å². The molecule has 37 heavy (non-hydrogen) atoms. The van der Waals surface area contributed by atoms with Crippen LogP contribution in [0, 0.1) is 0 Å². The summed E-state index contributed by atoms with van der Waals surface area (Å²) < 4.78 is 1.24. The summed E-state index contributed by atoms with van der Waals surface area (Å²) in [5, 5.41) is 6.14. The summed E-state index contributed by atoms with van der Waals surface area (Å²) in [6.07, 6.45) is 1.88. The summed E-state index contributed by atoms with van der Waals surface area (Å²) in [6, 6.07) is 34.9. The van der Waals surface area contributed by atoms with Crippen molar-refractivity contribution in [1.82, 2.24) is 9.97 Å². The van der Waals surface area contributed by atoms with Crippen LogP contribution in [0.5, 0.6) is 0 Å². The number of hydrogen-bond donors (Lipinski definition) is 0. The maximum absolute atomic E-state index is 5.31. The third-order valence-corrected chi connectivity index (χ3v) is 8.44. The summed E-state index contributed by atoms with van der Waals surface area (Å²) in [5.74, 6) is 0. The molecule has 0 saturated heterocycles. The molecule has 0 aliphatic carbocycles. The molecular formula is C34H26N2S. The summed E-state index contributed by atoms with van der Waals surface area (Å²) in [7, 11) is 0. The van der Waals surface area contributed by atoms with Crippen molar-refractivity contribution in [2.45, 2.75) is 26.2 Å². The van der Waals surface area contributed by atoms with Gasteiger partial charge in [-0.3, -0.25) is 0 Å². The van der Waals surface area contributed by atoms with Crippen molar-refractivity contribution in [3.05, 3.63) is 109 Å². The number of aromatic nitrogens is 2. The van der Waals surface area contributed by atoms with Crippen LogP contribution in [0.1, 0.15) is 26.3 Å². The first-order valence-electron chi connectivity index (χ1n) is 12.7. The van der Waals surface area contributed by atoms with Gasteiger partial charge in [-0.15, -0.1) is 11.3 Å². The van der Waals surface area contributed by atoms with Crippen LogP contribution in [0.3, 0.4) is 0 Å². The zero-order chi connectivity index (χ0) is 25.1. The Morgan fingerprint density at radius 1 is 0.676 bits per heavy atom. The lowest BCUT2D eigenvalue weighted by Crippen LogP contribution is -2.11. The van der Waals surface area contributed by atoms with Gasteiger partial charge in [0, 0.05) is 32.6 Å². The number of thiophene rings is 1. The number of fused-ring (bicyclic) bond motifs is 6. The Morgan fingerprint density at radius 2 is 1.46 bits per heavy atom. The average molecular weight is 495 g/mol. The molecule has 4 aromatic carbocycles. The summed E-state index contributed by atoms with van der Waals surface area (Å²) in [6.45, 7) is 6.83. The van der Waals surface area contributed by atoms with Gasteiger partial charge in [0.15, 0.2) is 0 Å². The van der Waals surface area contributed by atoms with Gasteiger partial charge in [0.05, 0.1) is 11.2 Å². The van der Waals surface area contributed by atoms with Gasteiger partial charge in [-0.2, -0.15) is 0 Å². The van der Waals surface area contributed by atoms with Crippen LogP contribution in [0.25, 0.3) is 64.4 Å². The molecular weight excluding hydrogens is 468 g/mol. The summed E-state index contributed by atoms with van der Waals surface area (Å²) in [4.78, 5) is 11.1. The number of hydrogen-bond acceptors (Lipinski definition) is 3. The van der Waals surface area contributed by atoms with Crippen molar-refractivity contribution in [2.24, 2.45) is 0 Å². The van der Waals surface area contributed by atoms with E-state index in [0.717, 1.165) is 16.0 Å². The minimum atomic E-state index is 0.00865. The standard InChI is InChI=1S/C34H26N2S/c1-34(2,3)23-18-27-25-14-9-17-35-33(25)37-32(27)28(19-23)30-20-26(21-10-5-4-6-11-21)31-24-13-8-7-12-22(24)15-16-29(31)36-30/h4-20H,1-3H3. The molecule has 2 nitrogen and oxygen atoms in total. The fraction of sp³-hybridized carbons (Fsp3) is 0.118. The van der Waals surface area contributed by atoms with Gasteiger partial charge in [0.1, 0.15) is 4.83 Å². The van der Waals surface area contributed by atoms with Crippen LogP contribution in [0.2, 0.25) is 0 Å². The van der Waals surface area contributed by atoms with Gasteiger partial charge in [-0.05, 0) is 69.3 Å². The van der Waals surface area contributed by atoms with Gasteiger partial charge in [0.25, 0.3) is 0 Å². The van der Waals surface area contributed by atoms with Crippen molar-refractivity contribution in [2.75, 3.05) is 0 Å². The molecule has 0 N–H and O–H groups in total. The number of benzene rings is 4. The molecule has 7 aromatic rings. The largest absolute Gasteiger partial charge is 0.248 e. The van der Waals surface area contributed by atoms with Crippen LogP contribution >= 0.6 is 11.3 Å². The van der Waals surface area contributed by atoms with Crippen molar-refractivity contribution < 1.29 is 0 Å². The second kappa shape index (κ2) is 8.22. The van der Waals surface area contributed by atoms with E-state index in [1.54, 1.807) is 11.3 Å². The minimum Gasteiger partial charge on any atom is -0.248 e. The quantitative estimate of drug-likeness (QED) is 0.224. The number of pyridine rings is 2. The highest BCUT2D eigenvalue weighted by Crippen LogP contribution is 2.44. The van der Waals surface area contributed by atoms with Crippen LogP contribution < -0.4 is 0 Å². The van der Waals surface area contributed by atoms with E-state index in [4.69, 9.17) is 9.97 Å². The minimum absolute atomic E-state index is 0.00865. The van der Waals surface area contributed by atoms with E-state index in [9.17, 15) is 0 Å². The zero-order valence-electron chi connectivity index (χ0n) is 21.1. The molecule has 0 aliphatic heterocycles. The van der Waals surface area contributed by atoms with Crippen molar-refractivity contribution in [3.8, 4) is 22.4 Å². The van der Waals surface area contributed by atoms with Crippen LogP contribution in [-0.2, 0) is 5.41 Å². The SMILES string of the molecule is CC(C)(C)c1cc(-c2cc(-c3ccccc3)c3c(ccc4ccccc43)n2)c2sc3ncccc3c2c1. The Balaban J connectivity index is 1.62. The smallest absolute Gasteiger partial charge is 0.124 e. The fourth-order valence-corrected chi connectivity index (χ4v) is 6.47. The first kappa shape index (κ1) is 22.1. The third kappa shape index (κ3) is 3.61. The lowest BCUT2D eigenvalue weighted by atomic mass is 9.84. The van der Waals surface area contributed by atoms with Gasteiger partial charge < -0.3 is 0 Å². The van der Waals surface area contributed by atoms with E-state index < -0.39 is 0 Å². The Hall–Kier alpha value is -4.08. The van der Waals surface area contributed by atoms with Crippen molar-refractivity contribution >= 4 is 53.3 Å².